The minimum absolute atomic E-state index is 0.0312. The van der Waals surface area contributed by atoms with Crippen molar-refractivity contribution in [3.63, 3.8) is 0 Å². The monoisotopic (exact) mass is 542 g/mol. The number of rotatable bonds is 7. The summed E-state index contributed by atoms with van der Waals surface area (Å²) in [5.74, 6) is 0.677. The first-order chi connectivity index (χ1) is 19.5. The molecular weight excluding hydrogens is 511 g/mol. The number of hydrogen-bond donors (Lipinski definition) is 1. The molecule has 2 heterocycles. The van der Waals surface area contributed by atoms with Crippen molar-refractivity contribution in [3.8, 4) is 17.6 Å². The fourth-order valence-electron chi connectivity index (χ4n) is 5.10. The van der Waals surface area contributed by atoms with Crippen molar-refractivity contribution in [2.75, 3.05) is 13.1 Å². The van der Waals surface area contributed by atoms with Crippen LogP contribution in [0.4, 0.5) is 4.39 Å². The van der Waals surface area contributed by atoms with E-state index in [2.05, 4.69) is 16.4 Å². The molecule has 0 radical (unpaired) electrons. The lowest BCUT2D eigenvalue weighted by molar-refractivity contribution is 0.0594. The van der Waals surface area contributed by atoms with Gasteiger partial charge in [-0.25, -0.2) is 4.39 Å². The summed E-state index contributed by atoms with van der Waals surface area (Å²) in [5, 5.41) is 12.0. The molecule has 206 valence electrons. The molecule has 8 nitrogen and oxygen atoms in total. The number of nitriles is 1. The third kappa shape index (κ3) is 6.94. The Labute approximate surface area is 232 Å². The molecule has 1 saturated carbocycles. The largest absolute Gasteiger partial charge is 0.490 e. The zero-order chi connectivity index (χ0) is 27.9. The van der Waals surface area contributed by atoms with Crippen molar-refractivity contribution >= 4 is 11.8 Å². The summed E-state index contributed by atoms with van der Waals surface area (Å²) >= 11 is 0. The summed E-state index contributed by atoms with van der Waals surface area (Å²) in [5.41, 5.74) is 1.31. The minimum atomic E-state index is -0.306. The molecule has 9 heteroatoms. The van der Waals surface area contributed by atoms with Crippen LogP contribution in [-0.4, -0.2) is 53.0 Å². The van der Waals surface area contributed by atoms with Gasteiger partial charge in [-0.3, -0.25) is 14.6 Å². The average Bonchev–Trinajstić information content (AvgIpc) is 3.00. The standard InChI is InChI=1S/C31H31FN4O4/c32-23-4-10-26(11-5-23)40-28-15-17-36(18-16-28)31(38)22-3-14-29(34-20-22)30(37)35-24-6-12-27(13-7-24)39-25-8-1-21(19-33)2-9-25/h1-5,8-11,14,20,24,27-28H,6-7,12-13,15-18H2,(H,35,37). The Balaban J connectivity index is 1.05. The summed E-state index contributed by atoms with van der Waals surface area (Å²) in [6.07, 6.45) is 6.08. The smallest absolute Gasteiger partial charge is 0.270 e. The summed E-state index contributed by atoms with van der Waals surface area (Å²) in [6, 6.07) is 18.4. The normalized spacial score (nSPS) is 19.4. The lowest BCUT2D eigenvalue weighted by Gasteiger charge is -2.32. The van der Waals surface area contributed by atoms with Crippen molar-refractivity contribution < 1.29 is 23.5 Å². The fraction of sp³-hybridized carbons (Fsp3) is 0.355. The molecular formula is C31H31FN4O4. The number of nitrogens with zero attached hydrogens (tertiary/aromatic N) is 3. The molecule has 40 heavy (non-hydrogen) atoms. The van der Waals surface area contributed by atoms with E-state index in [9.17, 15) is 14.0 Å². The maximum atomic E-state index is 13.1. The molecule has 2 aromatic carbocycles. The maximum Gasteiger partial charge on any atom is 0.270 e. The number of piperidine rings is 1. The number of halogens is 1. The summed E-state index contributed by atoms with van der Waals surface area (Å²) in [7, 11) is 0. The minimum Gasteiger partial charge on any atom is -0.490 e. The van der Waals surface area contributed by atoms with E-state index in [4.69, 9.17) is 14.7 Å². The van der Waals surface area contributed by atoms with Crippen LogP contribution in [0.25, 0.3) is 0 Å². The molecule has 2 amide bonds. The molecule has 0 atom stereocenters. The predicted octanol–water partition coefficient (Wildman–Crippen LogP) is 4.90. The molecule has 0 spiro atoms. The van der Waals surface area contributed by atoms with Gasteiger partial charge in [0.15, 0.2) is 0 Å². The highest BCUT2D eigenvalue weighted by Crippen LogP contribution is 2.25. The van der Waals surface area contributed by atoms with E-state index in [1.807, 2.05) is 0 Å². The molecule has 0 bridgehead atoms. The van der Waals surface area contributed by atoms with Crippen LogP contribution < -0.4 is 14.8 Å². The van der Waals surface area contributed by atoms with Gasteiger partial charge in [0.2, 0.25) is 0 Å². The molecule has 2 aliphatic rings. The Bertz CT molecular complexity index is 1340. The van der Waals surface area contributed by atoms with Crippen LogP contribution in [0.1, 0.15) is 64.9 Å². The Morgan fingerprint density at radius 1 is 0.850 bits per heavy atom. The van der Waals surface area contributed by atoms with Gasteiger partial charge < -0.3 is 19.7 Å². The molecule has 1 saturated heterocycles. The van der Waals surface area contributed by atoms with E-state index in [0.29, 0.717) is 42.8 Å². The highest BCUT2D eigenvalue weighted by atomic mass is 19.1. The van der Waals surface area contributed by atoms with Crippen molar-refractivity contribution in [1.82, 2.24) is 15.2 Å². The zero-order valence-electron chi connectivity index (χ0n) is 22.1. The Morgan fingerprint density at radius 2 is 1.45 bits per heavy atom. The molecule has 5 rings (SSSR count). The van der Waals surface area contributed by atoms with Crippen LogP contribution in [0.2, 0.25) is 0 Å². The van der Waals surface area contributed by atoms with Gasteiger partial charge in [0.05, 0.1) is 23.3 Å². The van der Waals surface area contributed by atoms with Crippen molar-refractivity contribution in [2.24, 2.45) is 0 Å². The second-order valence-electron chi connectivity index (χ2n) is 10.2. The fourth-order valence-corrected chi connectivity index (χ4v) is 5.10. The van der Waals surface area contributed by atoms with E-state index in [1.54, 1.807) is 53.4 Å². The third-order valence-electron chi connectivity index (χ3n) is 7.38. The second-order valence-corrected chi connectivity index (χ2v) is 10.2. The van der Waals surface area contributed by atoms with E-state index < -0.39 is 0 Å². The number of amides is 2. The Hall–Kier alpha value is -4.45. The number of benzene rings is 2. The highest BCUT2D eigenvalue weighted by molar-refractivity contribution is 5.96. The van der Waals surface area contributed by atoms with Gasteiger partial charge in [-0.2, -0.15) is 5.26 Å². The first-order valence-corrected chi connectivity index (χ1v) is 13.6. The second kappa shape index (κ2) is 12.6. The van der Waals surface area contributed by atoms with Gasteiger partial charge in [0.1, 0.15) is 29.1 Å². The van der Waals surface area contributed by atoms with Crippen molar-refractivity contribution in [3.05, 3.63) is 89.5 Å². The summed E-state index contributed by atoms with van der Waals surface area (Å²) in [6.45, 7) is 1.09. The van der Waals surface area contributed by atoms with Crippen LogP contribution >= 0.6 is 0 Å². The lowest BCUT2D eigenvalue weighted by Crippen LogP contribution is -2.42. The van der Waals surface area contributed by atoms with Crippen LogP contribution in [0.5, 0.6) is 11.5 Å². The van der Waals surface area contributed by atoms with E-state index in [1.165, 1.54) is 18.3 Å². The van der Waals surface area contributed by atoms with Gasteiger partial charge in [-0.1, -0.05) is 0 Å². The molecule has 1 aliphatic heterocycles. The number of hydrogen-bond acceptors (Lipinski definition) is 6. The number of aromatic nitrogens is 1. The number of ether oxygens (including phenoxy) is 2. The molecule has 0 unspecified atom stereocenters. The van der Waals surface area contributed by atoms with Crippen LogP contribution in [-0.2, 0) is 0 Å². The van der Waals surface area contributed by atoms with Gasteiger partial charge in [-0.05, 0) is 86.3 Å². The molecule has 3 aromatic rings. The third-order valence-corrected chi connectivity index (χ3v) is 7.38. The maximum absolute atomic E-state index is 13.1. The summed E-state index contributed by atoms with van der Waals surface area (Å²) < 4.78 is 25.0. The number of carbonyl (C=O) groups excluding carboxylic acids is 2. The van der Waals surface area contributed by atoms with Gasteiger partial charge in [0.25, 0.3) is 11.8 Å². The number of pyridine rings is 1. The van der Waals surface area contributed by atoms with Crippen molar-refractivity contribution in [2.45, 2.75) is 56.8 Å². The van der Waals surface area contributed by atoms with E-state index in [0.717, 1.165) is 31.4 Å². The van der Waals surface area contributed by atoms with E-state index in [-0.39, 0.29) is 41.6 Å². The Morgan fingerprint density at radius 3 is 2.02 bits per heavy atom. The quantitative estimate of drug-likeness (QED) is 0.456. The van der Waals surface area contributed by atoms with Crippen LogP contribution in [0, 0.1) is 17.1 Å². The highest BCUT2D eigenvalue weighted by Gasteiger charge is 2.26. The van der Waals surface area contributed by atoms with E-state index >= 15 is 0 Å². The first-order valence-electron chi connectivity index (χ1n) is 13.6. The van der Waals surface area contributed by atoms with Gasteiger partial charge in [-0.15, -0.1) is 0 Å². The summed E-state index contributed by atoms with van der Waals surface area (Å²) in [4.78, 5) is 31.8. The van der Waals surface area contributed by atoms with Crippen molar-refractivity contribution in [1.29, 1.82) is 5.26 Å². The molecule has 1 aliphatic carbocycles. The predicted molar refractivity (Wildman–Crippen MR) is 145 cm³/mol. The number of carbonyl (C=O) groups is 2. The first kappa shape index (κ1) is 27.1. The zero-order valence-corrected chi connectivity index (χ0v) is 22.1. The Kier molecular flexibility index (Phi) is 8.55. The SMILES string of the molecule is N#Cc1ccc(OC2CCC(NC(=O)c3ccc(C(=O)N4CCC(Oc5ccc(F)cc5)CC4)cn3)CC2)cc1. The average molecular weight is 543 g/mol. The number of likely N-dealkylation sites (tertiary alicyclic amines) is 1. The van der Waals surface area contributed by atoms with Crippen LogP contribution in [0.3, 0.4) is 0 Å². The van der Waals surface area contributed by atoms with Gasteiger partial charge >= 0.3 is 0 Å². The number of nitrogens with one attached hydrogen (secondary N) is 1. The topological polar surface area (TPSA) is 105 Å². The molecule has 1 N–H and O–H groups in total. The van der Waals surface area contributed by atoms with Gasteiger partial charge in [0, 0.05) is 38.2 Å². The lowest BCUT2D eigenvalue weighted by atomic mass is 9.92. The van der Waals surface area contributed by atoms with Crippen LogP contribution in [0.15, 0.2) is 66.9 Å². The molecule has 2 fully saturated rings. The molecule has 1 aromatic heterocycles.